The average molecular weight is 279 g/mol. The molecule has 2 heterocycles. The molecule has 2 N–H and O–H groups in total. The Morgan fingerprint density at radius 2 is 1.90 bits per heavy atom. The molecule has 108 valence electrons. The predicted molar refractivity (Wildman–Crippen MR) is 87.4 cm³/mol. The van der Waals surface area contributed by atoms with E-state index in [1.54, 1.807) is 0 Å². The normalized spacial score (nSPS) is 11.1. The fourth-order valence-corrected chi connectivity index (χ4v) is 2.68. The van der Waals surface area contributed by atoms with Gasteiger partial charge in [0, 0.05) is 11.8 Å². The largest absolute Gasteiger partial charge is 0.330 e. The zero-order valence-corrected chi connectivity index (χ0v) is 12.4. The van der Waals surface area contributed by atoms with Crippen molar-refractivity contribution in [1.82, 2.24) is 9.38 Å². The van der Waals surface area contributed by atoms with Crippen LogP contribution in [-0.4, -0.2) is 15.9 Å². The maximum Gasteiger partial charge on any atom is 0.137 e. The molecule has 0 aliphatic carbocycles. The first-order valence-electron chi connectivity index (χ1n) is 7.59. The van der Waals surface area contributed by atoms with Gasteiger partial charge in [-0.25, -0.2) is 4.98 Å². The van der Waals surface area contributed by atoms with Gasteiger partial charge in [0.2, 0.25) is 0 Å². The molecule has 0 radical (unpaired) electrons. The van der Waals surface area contributed by atoms with Crippen molar-refractivity contribution in [2.24, 2.45) is 5.73 Å². The second-order valence-corrected chi connectivity index (χ2v) is 5.28. The van der Waals surface area contributed by atoms with Gasteiger partial charge in [0.1, 0.15) is 5.65 Å². The Morgan fingerprint density at radius 1 is 1.10 bits per heavy atom. The SMILES string of the molecule is CCc1ccc(-c2nc3ccccn3c2CCCN)cc1. The van der Waals surface area contributed by atoms with Crippen molar-refractivity contribution in [2.75, 3.05) is 6.54 Å². The number of nitrogens with two attached hydrogens (primary N) is 1. The zero-order valence-electron chi connectivity index (χ0n) is 12.4. The highest BCUT2D eigenvalue weighted by molar-refractivity contribution is 5.66. The molecule has 0 saturated carbocycles. The summed E-state index contributed by atoms with van der Waals surface area (Å²) in [5, 5.41) is 0. The van der Waals surface area contributed by atoms with Crippen molar-refractivity contribution in [3.05, 3.63) is 59.9 Å². The molecule has 3 heteroatoms. The highest BCUT2D eigenvalue weighted by Gasteiger charge is 2.13. The standard InChI is InChI=1S/C18H21N3/c1-2-14-8-10-15(11-9-14)18-16(6-5-12-19)21-13-4-3-7-17(21)20-18/h3-4,7-11,13H,2,5-6,12,19H2,1H3. The van der Waals surface area contributed by atoms with Crippen molar-refractivity contribution in [3.63, 3.8) is 0 Å². The van der Waals surface area contributed by atoms with Crippen LogP contribution in [0.5, 0.6) is 0 Å². The quantitative estimate of drug-likeness (QED) is 0.777. The van der Waals surface area contributed by atoms with Gasteiger partial charge < -0.3 is 10.1 Å². The van der Waals surface area contributed by atoms with E-state index in [0.29, 0.717) is 6.54 Å². The fraction of sp³-hybridized carbons (Fsp3) is 0.278. The number of pyridine rings is 1. The first-order valence-corrected chi connectivity index (χ1v) is 7.59. The third kappa shape index (κ3) is 2.69. The maximum atomic E-state index is 5.69. The van der Waals surface area contributed by atoms with Crippen LogP contribution >= 0.6 is 0 Å². The van der Waals surface area contributed by atoms with Gasteiger partial charge in [-0.05, 0) is 43.5 Å². The fourth-order valence-electron chi connectivity index (χ4n) is 2.68. The van der Waals surface area contributed by atoms with Crippen LogP contribution in [0.1, 0.15) is 24.6 Å². The van der Waals surface area contributed by atoms with Crippen LogP contribution in [0.2, 0.25) is 0 Å². The number of nitrogens with zero attached hydrogens (tertiary/aromatic N) is 2. The Morgan fingerprint density at radius 3 is 2.62 bits per heavy atom. The van der Waals surface area contributed by atoms with E-state index >= 15 is 0 Å². The van der Waals surface area contributed by atoms with Gasteiger partial charge in [-0.1, -0.05) is 37.3 Å². The van der Waals surface area contributed by atoms with Crippen LogP contribution in [-0.2, 0) is 12.8 Å². The molecule has 0 unspecified atom stereocenters. The molecule has 1 aromatic carbocycles. The van der Waals surface area contributed by atoms with Crippen LogP contribution in [0, 0.1) is 0 Å². The zero-order chi connectivity index (χ0) is 14.7. The van der Waals surface area contributed by atoms with Crippen LogP contribution in [0.15, 0.2) is 48.7 Å². The Balaban J connectivity index is 2.10. The lowest BCUT2D eigenvalue weighted by Crippen LogP contribution is -2.03. The van der Waals surface area contributed by atoms with Crippen LogP contribution in [0.25, 0.3) is 16.9 Å². The summed E-state index contributed by atoms with van der Waals surface area (Å²) in [6, 6.07) is 14.8. The Bertz CT molecular complexity index is 726. The van der Waals surface area contributed by atoms with E-state index in [4.69, 9.17) is 10.7 Å². The van der Waals surface area contributed by atoms with Gasteiger partial charge in [0.15, 0.2) is 0 Å². The van der Waals surface area contributed by atoms with Crippen molar-refractivity contribution in [3.8, 4) is 11.3 Å². The van der Waals surface area contributed by atoms with Crippen molar-refractivity contribution in [2.45, 2.75) is 26.2 Å². The summed E-state index contributed by atoms with van der Waals surface area (Å²) in [6.45, 7) is 2.88. The van der Waals surface area contributed by atoms with Gasteiger partial charge >= 0.3 is 0 Å². The molecule has 0 atom stereocenters. The molecular formula is C18H21N3. The van der Waals surface area contributed by atoms with E-state index < -0.39 is 0 Å². The number of rotatable bonds is 5. The second kappa shape index (κ2) is 6.10. The van der Waals surface area contributed by atoms with Gasteiger partial charge in [0.05, 0.1) is 11.4 Å². The van der Waals surface area contributed by atoms with Crippen molar-refractivity contribution >= 4 is 5.65 Å². The highest BCUT2D eigenvalue weighted by atomic mass is 15.0. The minimum absolute atomic E-state index is 0.703. The van der Waals surface area contributed by atoms with E-state index in [2.05, 4.69) is 47.9 Å². The molecule has 3 rings (SSSR count). The molecule has 0 bridgehead atoms. The number of benzene rings is 1. The first-order chi connectivity index (χ1) is 10.3. The minimum atomic E-state index is 0.703. The summed E-state index contributed by atoms with van der Waals surface area (Å²) < 4.78 is 2.18. The molecule has 0 amide bonds. The van der Waals surface area contributed by atoms with Gasteiger partial charge in [-0.15, -0.1) is 0 Å². The summed E-state index contributed by atoms with van der Waals surface area (Å²) in [5.41, 5.74) is 11.6. The first kappa shape index (κ1) is 13.8. The summed E-state index contributed by atoms with van der Waals surface area (Å²) in [4.78, 5) is 4.81. The summed E-state index contributed by atoms with van der Waals surface area (Å²) in [7, 11) is 0. The average Bonchev–Trinajstić information content (AvgIpc) is 2.91. The molecule has 0 spiro atoms. The van der Waals surface area contributed by atoms with Crippen LogP contribution in [0.3, 0.4) is 0 Å². The number of aromatic nitrogens is 2. The molecule has 0 saturated heterocycles. The molecule has 0 fully saturated rings. The van der Waals surface area contributed by atoms with Crippen LogP contribution < -0.4 is 5.73 Å². The Labute approximate surface area is 125 Å². The number of hydrogen-bond donors (Lipinski definition) is 1. The number of aryl methyl sites for hydroxylation is 2. The van der Waals surface area contributed by atoms with Gasteiger partial charge in [0.25, 0.3) is 0 Å². The van der Waals surface area contributed by atoms with E-state index in [-0.39, 0.29) is 0 Å². The molecule has 21 heavy (non-hydrogen) atoms. The third-order valence-electron chi connectivity index (χ3n) is 3.88. The lowest BCUT2D eigenvalue weighted by Gasteiger charge is -2.05. The van der Waals surface area contributed by atoms with Crippen molar-refractivity contribution < 1.29 is 0 Å². The van der Waals surface area contributed by atoms with Gasteiger partial charge in [-0.2, -0.15) is 0 Å². The smallest absolute Gasteiger partial charge is 0.137 e. The lowest BCUT2D eigenvalue weighted by molar-refractivity contribution is 0.804. The number of imidazole rings is 1. The third-order valence-corrected chi connectivity index (χ3v) is 3.88. The summed E-state index contributed by atoms with van der Waals surface area (Å²) in [5.74, 6) is 0. The van der Waals surface area contributed by atoms with E-state index in [1.807, 2.05) is 12.1 Å². The Hall–Kier alpha value is -2.13. The summed E-state index contributed by atoms with van der Waals surface area (Å²) in [6.07, 6.45) is 5.07. The minimum Gasteiger partial charge on any atom is -0.330 e. The van der Waals surface area contributed by atoms with E-state index in [0.717, 1.165) is 30.6 Å². The molecule has 0 aliphatic heterocycles. The van der Waals surface area contributed by atoms with Crippen molar-refractivity contribution in [1.29, 1.82) is 0 Å². The highest BCUT2D eigenvalue weighted by Crippen LogP contribution is 2.26. The molecular weight excluding hydrogens is 258 g/mol. The lowest BCUT2D eigenvalue weighted by atomic mass is 10.0. The number of fused-ring (bicyclic) bond motifs is 1. The number of hydrogen-bond acceptors (Lipinski definition) is 2. The summed E-state index contributed by atoms with van der Waals surface area (Å²) >= 11 is 0. The van der Waals surface area contributed by atoms with Crippen LogP contribution in [0.4, 0.5) is 0 Å². The molecule has 2 aromatic heterocycles. The predicted octanol–water partition coefficient (Wildman–Crippen LogP) is 3.46. The molecule has 0 aliphatic rings. The topological polar surface area (TPSA) is 43.3 Å². The van der Waals surface area contributed by atoms with Gasteiger partial charge in [-0.3, -0.25) is 0 Å². The Kier molecular flexibility index (Phi) is 4.02. The maximum absolute atomic E-state index is 5.69. The van der Waals surface area contributed by atoms with E-state index in [1.165, 1.54) is 16.8 Å². The second-order valence-electron chi connectivity index (χ2n) is 5.28. The van der Waals surface area contributed by atoms with E-state index in [9.17, 15) is 0 Å². The molecule has 3 aromatic rings. The monoisotopic (exact) mass is 279 g/mol. The molecule has 3 nitrogen and oxygen atoms in total.